The van der Waals surface area contributed by atoms with Gasteiger partial charge in [-0.2, -0.15) is 4.52 Å². The average molecular weight is 392 g/mol. The Kier molecular flexibility index (Phi) is 4.01. The third kappa shape index (κ3) is 2.81. The average Bonchev–Trinajstić information content (AvgIpc) is 3.35. The van der Waals surface area contributed by atoms with Gasteiger partial charge in [-0.05, 0) is 51.8 Å². The molecule has 0 atom stereocenters. The van der Waals surface area contributed by atoms with Crippen molar-refractivity contribution in [2.24, 2.45) is 0 Å². The summed E-state index contributed by atoms with van der Waals surface area (Å²) in [4.78, 5) is 22.2. The van der Waals surface area contributed by atoms with Crippen molar-refractivity contribution in [3.63, 3.8) is 0 Å². The summed E-state index contributed by atoms with van der Waals surface area (Å²) >= 11 is 1.42. The van der Waals surface area contributed by atoms with Crippen molar-refractivity contribution in [1.82, 2.24) is 24.1 Å². The van der Waals surface area contributed by atoms with Gasteiger partial charge in [-0.3, -0.25) is 4.79 Å². The second-order valence-electron chi connectivity index (χ2n) is 7.40. The number of aryl methyl sites for hydroxylation is 2. The van der Waals surface area contributed by atoms with Gasteiger partial charge in [0.25, 0.3) is 0 Å². The molecule has 3 aromatic heterocycles. The number of ketones is 1. The fourth-order valence-corrected chi connectivity index (χ4v) is 4.72. The Bertz CT molecular complexity index is 1230. The lowest BCUT2D eigenvalue weighted by Gasteiger charge is -2.08. The van der Waals surface area contributed by atoms with Crippen LogP contribution in [0, 0.1) is 20.8 Å². The van der Waals surface area contributed by atoms with Crippen molar-refractivity contribution in [3.8, 4) is 0 Å². The van der Waals surface area contributed by atoms with Crippen LogP contribution in [0.4, 0.5) is 0 Å². The summed E-state index contributed by atoms with van der Waals surface area (Å²) in [6, 6.07) is 10.5. The van der Waals surface area contributed by atoms with E-state index in [1.165, 1.54) is 30.3 Å². The van der Waals surface area contributed by atoms with Crippen molar-refractivity contribution in [3.05, 3.63) is 53.1 Å². The van der Waals surface area contributed by atoms with E-state index in [-0.39, 0.29) is 5.78 Å². The smallest absolute Gasteiger partial charge is 0.192 e. The molecule has 0 spiro atoms. The highest BCUT2D eigenvalue weighted by Crippen LogP contribution is 2.38. The first-order chi connectivity index (χ1) is 13.5. The highest BCUT2D eigenvalue weighted by molar-refractivity contribution is 7.99. The number of rotatable bonds is 5. The number of fused-ring (bicyclic) bond motifs is 3. The maximum atomic E-state index is 12.9. The second-order valence-corrected chi connectivity index (χ2v) is 8.35. The third-order valence-corrected chi connectivity index (χ3v) is 6.21. The first-order valence-electron chi connectivity index (χ1n) is 9.49. The number of hydrogen-bond donors (Lipinski definition) is 0. The first-order valence-corrected chi connectivity index (χ1v) is 10.5. The number of hydrogen-bond acceptors (Lipinski definition) is 5. The van der Waals surface area contributed by atoms with Crippen molar-refractivity contribution in [2.75, 3.05) is 5.75 Å². The van der Waals surface area contributed by atoms with Crippen molar-refractivity contribution in [2.45, 2.75) is 44.8 Å². The molecule has 0 saturated heterocycles. The van der Waals surface area contributed by atoms with E-state index in [9.17, 15) is 4.79 Å². The molecular formula is C21H21N5OS. The monoisotopic (exact) mass is 391 g/mol. The predicted molar refractivity (Wildman–Crippen MR) is 110 cm³/mol. The molecule has 0 amide bonds. The fourth-order valence-electron chi connectivity index (χ4n) is 3.89. The molecule has 3 heterocycles. The number of Topliss-reactive ketones (excluding diaryl/α,β-unsaturated/α-hetero) is 1. The summed E-state index contributed by atoms with van der Waals surface area (Å²) in [5.41, 5.74) is 4.73. The van der Waals surface area contributed by atoms with Crippen LogP contribution in [0.15, 0.2) is 35.5 Å². The van der Waals surface area contributed by atoms with Gasteiger partial charge in [-0.25, -0.2) is 9.97 Å². The van der Waals surface area contributed by atoms with Gasteiger partial charge in [0.2, 0.25) is 0 Å². The van der Waals surface area contributed by atoms with Crippen molar-refractivity contribution in [1.29, 1.82) is 0 Å². The SMILES string of the molecule is Cc1nc2c3ccccc3nc(SCC(=O)c3cc(C)n(C4CC4)c3C)n2n1. The van der Waals surface area contributed by atoms with Crippen LogP contribution in [-0.2, 0) is 0 Å². The highest BCUT2D eigenvalue weighted by Gasteiger charge is 2.28. The molecule has 4 aromatic rings. The zero-order valence-corrected chi connectivity index (χ0v) is 17.0. The molecule has 5 rings (SSSR count). The topological polar surface area (TPSA) is 65.1 Å². The molecule has 0 N–H and O–H groups in total. The Morgan fingerprint density at radius 3 is 2.75 bits per heavy atom. The molecule has 28 heavy (non-hydrogen) atoms. The Hall–Kier alpha value is -2.67. The first kappa shape index (κ1) is 17.4. The van der Waals surface area contributed by atoms with E-state index in [1.807, 2.05) is 37.3 Å². The summed E-state index contributed by atoms with van der Waals surface area (Å²) in [6.45, 7) is 6.01. The third-order valence-electron chi connectivity index (χ3n) is 5.28. The predicted octanol–water partition coefficient (Wildman–Crippen LogP) is 4.31. The van der Waals surface area contributed by atoms with E-state index in [2.05, 4.69) is 28.5 Å². The van der Waals surface area contributed by atoms with Gasteiger partial charge in [-0.1, -0.05) is 23.9 Å². The van der Waals surface area contributed by atoms with Gasteiger partial charge in [0, 0.05) is 28.4 Å². The molecule has 0 bridgehead atoms. The normalized spacial score (nSPS) is 14.2. The van der Waals surface area contributed by atoms with Crippen LogP contribution in [0.2, 0.25) is 0 Å². The standard InChI is InChI=1S/C21H21N5OS/c1-12-10-17(13(2)25(12)15-8-9-15)19(27)11-28-21-23-18-7-5-4-6-16(18)20-22-14(3)24-26(20)21/h4-7,10,15H,8-9,11H2,1-3H3. The van der Waals surface area contributed by atoms with E-state index in [4.69, 9.17) is 4.98 Å². The van der Waals surface area contributed by atoms with Crippen LogP contribution in [0.25, 0.3) is 16.6 Å². The zero-order valence-electron chi connectivity index (χ0n) is 16.1. The number of aromatic nitrogens is 5. The van der Waals surface area contributed by atoms with E-state index in [0.29, 0.717) is 22.8 Å². The number of nitrogens with zero attached hydrogens (tertiary/aromatic N) is 5. The van der Waals surface area contributed by atoms with Gasteiger partial charge in [-0.15, -0.1) is 5.10 Å². The van der Waals surface area contributed by atoms with Crippen molar-refractivity contribution < 1.29 is 4.79 Å². The van der Waals surface area contributed by atoms with E-state index in [1.54, 1.807) is 4.52 Å². The molecule has 1 aliphatic carbocycles. The molecule has 1 fully saturated rings. The molecule has 0 aliphatic heterocycles. The summed E-state index contributed by atoms with van der Waals surface area (Å²) in [6.07, 6.45) is 2.42. The van der Waals surface area contributed by atoms with Crippen LogP contribution in [0.5, 0.6) is 0 Å². The minimum absolute atomic E-state index is 0.130. The molecule has 1 saturated carbocycles. The fraction of sp³-hybridized carbons (Fsp3) is 0.333. The number of carbonyl (C=O) groups excluding carboxylic acids is 1. The number of thioether (sulfide) groups is 1. The summed E-state index contributed by atoms with van der Waals surface area (Å²) in [5.74, 6) is 1.15. The van der Waals surface area contributed by atoms with Crippen LogP contribution in [0.1, 0.15) is 46.5 Å². The number of benzene rings is 1. The van der Waals surface area contributed by atoms with E-state index >= 15 is 0 Å². The summed E-state index contributed by atoms with van der Waals surface area (Å²) in [7, 11) is 0. The maximum Gasteiger partial charge on any atom is 0.192 e. The summed E-state index contributed by atoms with van der Waals surface area (Å²) < 4.78 is 4.06. The molecule has 0 unspecified atom stereocenters. The minimum Gasteiger partial charge on any atom is -0.345 e. The van der Waals surface area contributed by atoms with Crippen LogP contribution in [0.3, 0.4) is 0 Å². The number of carbonyl (C=O) groups is 1. The molecule has 142 valence electrons. The van der Waals surface area contributed by atoms with Gasteiger partial charge < -0.3 is 4.57 Å². The Balaban J connectivity index is 1.47. The lowest BCUT2D eigenvalue weighted by atomic mass is 10.2. The highest BCUT2D eigenvalue weighted by atomic mass is 32.2. The van der Waals surface area contributed by atoms with Gasteiger partial charge in [0.15, 0.2) is 16.6 Å². The molecule has 6 nitrogen and oxygen atoms in total. The Morgan fingerprint density at radius 1 is 1.18 bits per heavy atom. The Morgan fingerprint density at radius 2 is 1.96 bits per heavy atom. The largest absolute Gasteiger partial charge is 0.345 e. The van der Waals surface area contributed by atoms with Crippen molar-refractivity contribution >= 4 is 34.1 Å². The quantitative estimate of drug-likeness (QED) is 0.288. The van der Waals surface area contributed by atoms with Gasteiger partial charge in [0.05, 0.1) is 11.3 Å². The lowest BCUT2D eigenvalue weighted by molar-refractivity contribution is 0.102. The van der Waals surface area contributed by atoms with Crippen LogP contribution >= 0.6 is 11.8 Å². The summed E-state index contributed by atoms with van der Waals surface area (Å²) in [5, 5.41) is 6.15. The molecule has 1 aliphatic rings. The molecule has 1 aromatic carbocycles. The van der Waals surface area contributed by atoms with E-state index < -0.39 is 0 Å². The maximum absolute atomic E-state index is 12.9. The zero-order chi connectivity index (χ0) is 19.4. The minimum atomic E-state index is 0.130. The Labute approximate surface area is 167 Å². The van der Waals surface area contributed by atoms with Gasteiger partial charge in [0.1, 0.15) is 5.82 Å². The second kappa shape index (κ2) is 6.44. The van der Waals surface area contributed by atoms with E-state index in [0.717, 1.165) is 27.8 Å². The lowest BCUT2D eigenvalue weighted by Crippen LogP contribution is -2.07. The molecule has 0 radical (unpaired) electrons. The van der Waals surface area contributed by atoms with Crippen LogP contribution in [-0.4, -0.2) is 35.7 Å². The van der Waals surface area contributed by atoms with Gasteiger partial charge >= 0.3 is 0 Å². The number of para-hydroxylation sites is 1. The molecule has 7 heteroatoms. The molecular weight excluding hydrogens is 370 g/mol. The van der Waals surface area contributed by atoms with Crippen LogP contribution < -0.4 is 0 Å².